The number of hydrogen-bond donors (Lipinski definition) is 0. The molecule has 1 fully saturated rings. The summed E-state index contributed by atoms with van der Waals surface area (Å²) in [5, 5.41) is 0.811. The molecule has 1 saturated heterocycles. The molecule has 1 amide bonds. The lowest BCUT2D eigenvalue weighted by Gasteiger charge is -2.37. The third kappa shape index (κ3) is 6.56. The van der Waals surface area contributed by atoms with Gasteiger partial charge in [0.05, 0.1) is 44.2 Å². The Kier molecular flexibility index (Phi) is 9.38. The van der Waals surface area contributed by atoms with E-state index < -0.39 is 15.5 Å². The van der Waals surface area contributed by atoms with Crippen molar-refractivity contribution in [1.29, 1.82) is 0 Å². The monoisotopic (exact) mass is 559 g/mol. The SMILES string of the molecule is COc1cc(C(=O)N2CCCC[C@](CCOS(C)(=O)=O)(c3ccc(Cl)c(Cl)c3)C2)cc(OC)c1OC. The van der Waals surface area contributed by atoms with E-state index in [1.165, 1.54) is 21.3 Å². The first-order valence-electron chi connectivity index (χ1n) is 11.4. The summed E-state index contributed by atoms with van der Waals surface area (Å²) < 4.78 is 44.6. The maximum Gasteiger partial charge on any atom is 0.264 e. The molecule has 11 heteroatoms. The number of amides is 1. The number of rotatable bonds is 9. The molecule has 198 valence electrons. The highest BCUT2D eigenvalue weighted by Gasteiger charge is 2.38. The first-order valence-corrected chi connectivity index (χ1v) is 14.0. The van der Waals surface area contributed by atoms with Crippen LogP contribution in [-0.4, -0.2) is 66.5 Å². The lowest BCUT2D eigenvalue weighted by atomic mass is 9.74. The van der Waals surface area contributed by atoms with Gasteiger partial charge in [-0.2, -0.15) is 8.42 Å². The largest absolute Gasteiger partial charge is 0.493 e. The van der Waals surface area contributed by atoms with Crippen molar-refractivity contribution in [3.05, 3.63) is 51.5 Å². The summed E-state index contributed by atoms with van der Waals surface area (Å²) in [5.41, 5.74) is 0.673. The van der Waals surface area contributed by atoms with Gasteiger partial charge in [-0.25, -0.2) is 0 Å². The fraction of sp³-hybridized carbons (Fsp3) is 0.480. The summed E-state index contributed by atoms with van der Waals surface area (Å²) in [6.07, 6.45) is 3.73. The van der Waals surface area contributed by atoms with Crippen molar-refractivity contribution in [2.45, 2.75) is 31.1 Å². The average molecular weight is 560 g/mol. The zero-order valence-corrected chi connectivity index (χ0v) is 23.1. The molecule has 0 aromatic heterocycles. The molecule has 0 spiro atoms. The number of methoxy groups -OCH3 is 3. The molecule has 2 aromatic carbocycles. The standard InChI is InChI=1S/C25H31Cl2NO7S/c1-32-21-13-17(14-22(33-2)23(21)34-3)24(29)28-11-6-5-9-25(16-28,10-12-35-36(4,30)31)18-7-8-19(26)20(27)15-18/h7-8,13-15H,5-6,9-12,16H2,1-4H3/t25-/m1/s1. The predicted molar refractivity (Wildman–Crippen MR) is 139 cm³/mol. The Morgan fingerprint density at radius 1 is 1.00 bits per heavy atom. The van der Waals surface area contributed by atoms with Crippen LogP contribution in [-0.2, 0) is 19.7 Å². The maximum absolute atomic E-state index is 13.8. The maximum atomic E-state index is 13.8. The van der Waals surface area contributed by atoms with Crippen LogP contribution in [0.3, 0.4) is 0 Å². The van der Waals surface area contributed by atoms with E-state index in [1.54, 1.807) is 29.2 Å². The van der Waals surface area contributed by atoms with Gasteiger partial charge in [0, 0.05) is 24.1 Å². The summed E-state index contributed by atoms with van der Waals surface area (Å²) in [4.78, 5) is 15.5. The van der Waals surface area contributed by atoms with Crippen LogP contribution in [0.2, 0.25) is 10.0 Å². The minimum Gasteiger partial charge on any atom is -0.493 e. The number of benzene rings is 2. The molecular formula is C25H31Cl2NO7S. The van der Waals surface area contributed by atoms with Gasteiger partial charge < -0.3 is 19.1 Å². The van der Waals surface area contributed by atoms with Gasteiger partial charge in [-0.1, -0.05) is 35.7 Å². The highest BCUT2D eigenvalue weighted by molar-refractivity contribution is 7.85. The van der Waals surface area contributed by atoms with Crippen LogP contribution in [0.15, 0.2) is 30.3 Å². The molecule has 0 unspecified atom stereocenters. The van der Waals surface area contributed by atoms with Crippen LogP contribution in [0.1, 0.15) is 41.6 Å². The minimum atomic E-state index is -3.62. The summed E-state index contributed by atoms with van der Waals surface area (Å²) in [6, 6.07) is 8.64. The van der Waals surface area contributed by atoms with Gasteiger partial charge in [-0.15, -0.1) is 0 Å². The van der Waals surface area contributed by atoms with E-state index in [9.17, 15) is 13.2 Å². The van der Waals surface area contributed by atoms with Gasteiger partial charge >= 0.3 is 0 Å². The number of carbonyl (C=O) groups excluding carboxylic acids is 1. The van der Waals surface area contributed by atoms with Crippen LogP contribution in [0.5, 0.6) is 17.2 Å². The van der Waals surface area contributed by atoms with Crippen LogP contribution >= 0.6 is 23.2 Å². The van der Waals surface area contributed by atoms with Crippen LogP contribution in [0.25, 0.3) is 0 Å². The fourth-order valence-electron chi connectivity index (χ4n) is 4.65. The Bertz CT molecular complexity index is 1180. The molecule has 1 aliphatic heterocycles. The van der Waals surface area contributed by atoms with Crippen molar-refractivity contribution in [1.82, 2.24) is 4.90 Å². The third-order valence-electron chi connectivity index (χ3n) is 6.44. The van der Waals surface area contributed by atoms with Crippen molar-refractivity contribution in [2.75, 3.05) is 47.3 Å². The van der Waals surface area contributed by atoms with Crippen LogP contribution < -0.4 is 14.2 Å². The highest BCUT2D eigenvalue weighted by Crippen LogP contribution is 2.41. The van der Waals surface area contributed by atoms with Crippen molar-refractivity contribution < 1.29 is 31.6 Å². The zero-order chi connectivity index (χ0) is 26.5. The van der Waals surface area contributed by atoms with Crippen molar-refractivity contribution in [2.24, 2.45) is 0 Å². The number of ether oxygens (including phenoxy) is 3. The van der Waals surface area contributed by atoms with E-state index in [-0.39, 0.29) is 12.5 Å². The van der Waals surface area contributed by atoms with Crippen LogP contribution in [0.4, 0.5) is 0 Å². The third-order valence-corrected chi connectivity index (χ3v) is 7.77. The summed E-state index contributed by atoms with van der Waals surface area (Å²) in [7, 11) is 0.870. The van der Waals surface area contributed by atoms with E-state index in [1.807, 2.05) is 6.07 Å². The normalized spacial score (nSPS) is 18.4. The second-order valence-electron chi connectivity index (χ2n) is 8.78. The molecule has 0 saturated carbocycles. The summed E-state index contributed by atoms with van der Waals surface area (Å²) in [6.45, 7) is 0.852. The Labute approximate surface area is 222 Å². The quantitative estimate of drug-likeness (QED) is 0.401. The van der Waals surface area contributed by atoms with Gasteiger partial charge in [0.2, 0.25) is 5.75 Å². The van der Waals surface area contributed by atoms with Gasteiger partial charge in [0.15, 0.2) is 11.5 Å². The second kappa shape index (κ2) is 11.9. The van der Waals surface area contributed by atoms with Crippen molar-refractivity contribution >= 4 is 39.2 Å². The zero-order valence-electron chi connectivity index (χ0n) is 20.8. The number of halogens is 2. The summed E-state index contributed by atoms with van der Waals surface area (Å²) >= 11 is 12.5. The molecule has 0 bridgehead atoms. The molecular weight excluding hydrogens is 529 g/mol. The molecule has 1 heterocycles. The van der Waals surface area contributed by atoms with Gasteiger partial charge in [-0.05, 0) is 49.1 Å². The molecule has 0 aliphatic carbocycles. The van der Waals surface area contributed by atoms with E-state index in [0.717, 1.165) is 31.1 Å². The number of nitrogens with zero attached hydrogens (tertiary/aromatic N) is 1. The number of carbonyl (C=O) groups is 1. The molecule has 36 heavy (non-hydrogen) atoms. The molecule has 3 rings (SSSR count). The van der Waals surface area contributed by atoms with E-state index >= 15 is 0 Å². The molecule has 0 radical (unpaired) electrons. The van der Waals surface area contributed by atoms with Gasteiger partial charge in [0.1, 0.15) is 0 Å². The molecule has 8 nitrogen and oxygen atoms in total. The smallest absolute Gasteiger partial charge is 0.264 e. The van der Waals surface area contributed by atoms with Crippen molar-refractivity contribution in [3.8, 4) is 17.2 Å². The Balaban J connectivity index is 2.01. The molecule has 1 atom stereocenters. The second-order valence-corrected chi connectivity index (χ2v) is 11.2. The fourth-order valence-corrected chi connectivity index (χ4v) is 5.33. The van der Waals surface area contributed by atoms with E-state index in [4.69, 9.17) is 41.6 Å². The van der Waals surface area contributed by atoms with E-state index in [2.05, 4.69) is 0 Å². The average Bonchev–Trinajstić information content (AvgIpc) is 3.07. The number of likely N-dealkylation sites (tertiary alicyclic amines) is 1. The highest BCUT2D eigenvalue weighted by atomic mass is 35.5. The first-order chi connectivity index (χ1) is 17.0. The Hall–Kier alpha value is -2.20. The number of hydrogen-bond acceptors (Lipinski definition) is 7. The minimum absolute atomic E-state index is 0.0225. The lowest BCUT2D eigenvalue weighted by molar-refractivity contribution is 0.0714. The lowest BCUT2D eigenvalue weighted by Crippen LogP contribution is -2.43. The Morgan fingerprint density at radius 3 is 2.22 bits per heavy atom. The van der Waals surface area contributed by atoms with Crippen molar-refractivity contribution in [3.63, 3.8) is 0 Å². The topological polar surface area (TPSA) is 91.4 Å². The predicted octanol–water partition coefficient (Wildman–Crippen LogP) is 4.95. The summed E-state index contributed by atoms with van der Waals surface area (Å²) in [5.74, 6) is 0.958. The first kappa shape index (κ1) is 28.4. The molecule has 2 aromatic rings. The Morgan fingerprint density at radius 2 is 1.67 bits per heavy atom. The van der Waals surface area contributed by atoms with E-state index in [0.29, 0.717) is 52.4 Å². The van der Waals surface area contributed by atoms with Gasteiger partial charge in [0.25, 0.3) is 16.0 Å². The van der Waals surface area contributed by atoms with Crippen LogP contribution in [0, 0.1) is 0 Å². The molecule has 0 N–H and O–H groups in total. The van der Waals surface area contributed by atoms with Gasteiger partial charge in [-0.3, -0.25) is 8.98 Å². The molecule has 1 aliphatic rings.